The van der Waals surface area contributed by atoms with Crippen molar-refractivity contribution >= 4 is 28.5 Å². The molecule has 1 saturated heterocycles. The fourth-order valence-electron chi connectivity index (χ4n) is 3.65. The van der Waals surface area contributed by atoms with Gasteiger partial charge < -0.3 is 14.3 Å². The molecule has 0 saturated carbocycles. The second-order valence-corrected chi connectivity index (χ2v) is 9.63. The number of ether oxygens (including phenoxy) is 1. The van der Waals surface area contributed by atoms with Gasteiger partial charge in [0, 0.05) is 25.6 Å². The highest BCUT2D eigenvalue weighted by Crippen LogP contribution is 2.27. The van der Waals surface area contributed by atoms with Crippen LogP contribution in [0.2, 0.25) is 0 Å². The molecule has 1 heterocycles. The molecule has 3 nitrogen and oxygen atoms in total. The van der Waals surface area contributed by atoms with Gasteiger partial charge in [-0.15, -0.1) is 0 Å². The standard InChI is InChI=1S/C12H15BrO.C12H16O.C4H8O/c1-8-5-4-6-11(9(8)2)10(3)12(13)7-14;1-9-5-4-6-12(11(9)3)10(2)7-8-13;1-2-4-5-3-1/h4-7,10,12H,1-3H3;4-6,8,10H,7H2,1-3H3;1-4H2. The third-order valence-corrected chi connectivity index (χ3v) is 7.21. The number of alkyl halides is 1. The van der Waals surface area contributed by atoms with Crippen LogP contribution in [0.3, 0.4) is 0 Å². The van der Waals surface area contributed by atoms with E-state index in [1.165, 1.54) is 46.2 Å². The summed E-state index contributed by atoms with van der Waals surface area (Å²) in [5, 5.41) is 0. The monoisotopic (exact) mass is 502 g/mol. The molecule has 176 valence electrons. The van der Waals surface area contributed by atoms with E-state index >= 15 is 0 Å². The van der Waals surface area contributed by atoms with Crippen LogP contribution in [0, 0.1) is 27.7 Å². The van der Waals surface area contributed by atoms with Crippen molar-refractivity contribution in [2.45, 2.75) is 77.5 Å². The number of hydrogen-bond donors (Lipinski definition) is 0. The number of carbonyl (C=O) groups excluding carboxylic acids is 2. The summed E-state index contributed by atoms with van der Waals surface area (Å²) in [6, 6.07) is 12.5. The van der Waals surface area contributed by atoms with Gasteiger partial charge in [-0.05, 0) is 79.8 Å². The smallest absolute Gasteiger partial charge is 0.134 e. The molecular formula is C28H39BrO3. The van der Waals surface area contributed by atoms with E-state index in [0.717, 1.165) is 25.8 Å². The van der Waals surface area contributed by atoms with Gasteiger partial charge in [0.1, 0.15) is 12.6 Å². The highest BCUT2D eigenvalue weighted by molar-refractivity contribution is 9.10. The first-order chi connectivity index (χ1) is 15.2. The molecule has 32 heavy (non-hydrogen) atoms. The molecule has 0 spiro atoms. The Kier molecular flexibility index (Phi) is 13.4. The van der Waals surface area contributed by atoms with Crippen LogP contribution in [0.15, 0.2) is 36.4 Å². The zero-order chi connectivity index (χ0) is 24.1. The van der Waals surface area contributed by atoms with E-state index in [2.05, 4.69) is 87.8 Å². The van der Waals surface area contributed by atoms with Gasteiger partial charge >= 0.3 is 0 Å². The fourth-order valence-corrected chi connectivity index (χ4v) is 3.93. The molecule has 3 atom stereocenters. The highest BCUT2D eigenvalue weighted by atomic mass is 79.9. The normalized spacial score (nSPS) is 15.3. The molecule has 2 aromatic rings. The van der Waals surface area contributed by atoms with Crippen LogP contribution in [0.4, 0.5) is 0 Å². The third kappa shape index (κ3) is 8.99. The van der Waals surface area contributed by atoms with Crippen LogP contribution in [-0.2, 0) is 14.3 Å². The molecule has 0 bridgehead atoms. The number of benzene rings is 2. The van der Waals surface area contributed by atoms with Crippen LogP contribution in [-0.4, -0.2) is 30.6 Å². The van der Waals surface area contributed by atoms with Gasteiger partial charge in [-0.1, -0.05) is 66.2 Å². The number of hydrogen-bond acceptors (Lipinski definition) is 3. The highest BCUT2D eigenvalue weighted by Gasteiger charge is 2.17. The Morgan fingerprint density at radius 2 is 1.38 bits per heavy atom. The van der Waals surface area contributed by atoms with E-state index in [-0.39, 0.29) is 10.7 Å². The summed E-state index contributed by atoms with van der Waals surface area (Å²) in [5.74, 6) is 0.574. The van der Waals surface area contributed by atoms with Crippen molar-refractivity contribution < 1.29 is 14.3 Å². The van der Waals surface area contributed by atoms with E-state index in [9.17, 15) is 9.59 Å². The lowest BCUT2D eigenvalue weighted by Gasteiger charge is -2.17. The first kappa shape index (κ1) is 28.3. The summed E-state index contributed by atoms with van der Waals surface area (Å²) >= 11 is 3.37. The van der Waals surface area contributed by atoms with Crippen molar-refractivity contribution in [1.29, 1.82) is 0 Å². The zero-order valence-electron chi connectivity index (χ0n) is 20.5. The molecule has 4 heteroatoms. The van der Waals surface area contributed by atoms with Crippen molar-refractivity contribution in [3.63, 3.8) is 0 Å². The maximum Gasteiger partial charge on any atom is 0.134 e. The summed E-state index contributed by atoms with van der Waals surface area (Å²) in [6.45, 7) is 14.6. The van der Waals surface area contributed by atoms with Crippen molar-refractivity contribution in [3.05, 3.63) is 69.8 Å². The van der Waals surface area contributed by atoms with Gasteiger partial charge in [0.2, 0.25) is 0 Å². The van der Waals surface area contributed by atoms with E-state index in [4.69, 9.17) is 4.74 Å². The maximum atomic E-state index is 10.7. The predicted octanol–water partition coefficient (Wildman–Crippen LogP) is 7.16. The van der Waals surface area contributed by atoms with Crippen LogP contribution in [0.1, 0.15) is 78.3 Å². The topological polar surface area (TPSA) is 43.4 Å². The molecule has 0 N–H and O–H groups in total. The number of rotatable bonds is 6. The Bertz CT molecular complexity index is 835. The van der Waals surface area contributed by atoms with Crippen molar-refractivity contribution in [2.75, 3.05) is 13.2 Å². The van der Waals surface area contributed by atoms with E-state index in [1.807, 2.05) is 6.07 Å². The first-order valence-electron chi connectivity index (χ1n) is 11.5. The SMILES string of the molecule is C1CCOC1.Cc1cccc(C(C)C(Br)C=O)c1C.Cc1cccc(C(C)CC=O)c1C. The lowest BCUT2D eigenvalue weighted by molar-refractivity contribution is -0.108. The van der Waals surface area contributed by atoms with Gasteiger partial charge in [0.15, 0.2) is 0 Å². The molecule has 2 aromatic carbocycles. The third-order valence-electron chi connectivity index (χ3n) is 6.20. The Balaban J connectivity index is 0.000000264. The average molecular weight is 504 g/mol. The lowest BCUT2D eigenvalue weighted by Crippen LogP contribution is -2.11. The van der Waals surface area contributed by atoms with Gasteiger partial charge in [0.25, 0.3) is 0 Å². The van der Waals surface area contributed by atoms with Crippen molar-refractivity contribution in [3.8, 4) is 0 Å². The van der Waals surface area contributed by atoms with Crippen molar-refractivity contribution in [1.82, 2.24) is 0 Å². The molecule has 0 aromatic heterocycles. The summed E-state index contributed by atoms with van der Waals surface area (Å²) in [6.07, 6.45) is 5.11. The van der Waals surface area contributed by atoms with Gasteiger partial charge in [0.05, 0.1) is 4.83 Å². The Labute approximate surface area is 203 Å². The predicted molar refractivity (Wildman–Crippen MR) is 138 cm³/mol. The number of carbonyl (C=O) groups is 2. The maximum absolute atomic E-state index is 10.7. The molecule has 3 rings (SSSR count). The summed E-state index contributed by atoms with van der Waals surface area (Å²) in [7, 11) is 0. The van der Waals surface area contributed by atoms with Crippen LogP contribution in [0.5, 0.6) is 0 Å². The number of halogens is 1. The lowest BCUT2D eigenvalue weighted by atomic mass is 9.92. The largest absolute Gasteiger partial charge is 0.381 e. The first-order valence-corrected chi connectivity index (χ1v) is 12.4. The summed E-state index contributed by atoms with van der Waals surface area (Å²) in [4.78, 5) is 21.0. The molecule has 0 aliphatic carbocycles. The minimum absolute atomic E-state index is 0.0944. The molecule has 1 fully saturated rings. The van der Waals surface area contributed by atoms with E-state index < -0.39 is 0 Å². The number of aryl methyl sites for hydroxylation is 2. The van der Waals surface area contributed by atoms with Crippen molar-refractivity contribution in [2.24, 2.45) is 0 Å². The summed E-state index contributed by atoms with van der Waals surface area (Å²) in [5.41, 5.74) is 7.73. The van der Waals surface area contributed by atoms with Gasteiger partial charge in [-0.25, -0.2) is 0 Å². The second kappa shape index (κ2) is 15.1. The Morgan fingerprint density at radius 3 is 1.81 bits per heavy atom. The summed E-state index contributed by atoms with van der Waals surface area (Å²) < 4.78 is 4.94. The zero-order valence-corrected chi connectivity index (χ0v) is 22.1. The van der Waals surface area contributed by atoms with Crippen LogP contribution < -0.4 is 0 Å². The van der Waals surface area contributed by atoms with E-state index in [0.29, 0.717) is 12.3 Å². The average Bonchev–Trinajstić information content (AvgIpc) is 3.37. The molecule has 3 unspecified atom stereocenters. The molecular weight excluding hydrogens is 464 g/mol. The number of aldehydes is 2. The van der Waals surface area contributed by atoms with Gasteiger partial charge in [-0.3, -0.25) is 0 Å². The molecule has 1 aliphatic rings. The molecule has 1 aliphatic heterocycles. The molecule has 0 amide bonds. The van der Waals surface area contributed by atoms with E-state index in [1.54, 1.807) is 0 Å². The van der Waals surface area contributed by atoms with Gasteiger partial charge in [-0.2, -0.15) is 0 Å². The second-order valence-electron chi connectivity index (χ2n) is 8.57. The minimum Gasteiger partial charge on any atom is -0.381 e. The molecule has 0 radical (unpaired) electrons. The Hall–Kier alpha value is -1.78. The minimum atomic E-state index is -0.0944. The fraction of sp³-hybridized carbons (Fsp3) is 0.500. The Morgan fingerprint density at radius 1 is 0.875 bits per heavy atom. The van der Waals surface area contributed by atoms with Crippen LogP contribution >= 0.6 is 15.9 Å². The quantitative estimate of drug-likeness (QED) is 0.310. The van der Waals surface area contributed by atoms with Crippen LogP contribution in [0.25, 0.3) is 0 Å².